The van der Waals surface area contributed by atoms with Gasteiger partial charge in [0.2, 0.25) is 0 Å². The van der Waals surface area contributed by atoms with Gasteiger partial charge in [0.1, 0.15) is 5.75 Å². The van der Waals surface area contributed by atoms with E-state index in [9.17, 15) is 0 Å². The molecule has 0 aromatic heterocycles. The molecule has 2 aromatic rings. The van der Waals surface area contributed by atoms with Crippen LogP contribution in [0.2, 0.25) is 0 Å². The number of anilines is 1. The molecule has 2 nitrogen and oxygen atoms in total. The minimum Gasteiger partial charge on any atom is -0.494 e. The lowest BCUT2D eigenvalue weighted by Gasteiger charge is -2.16. The fourth-order valence-electron chi connectivity index (χ4n) is 2.25. The van der Waals surface area contributed by atoms with Gasteiger partial charge in [0.05, 0.1) is 6.61 Å². The van der Waals surface area contributed by atoms with Crippen molar-refractivity contribution in [3.8, 4) is 5.75 Å². The van der Waals surface area contributed by atoms with E-state index < -0.39 is 0 Å². The van der Waals surface area contributed by atoms with Crippen LogP contribution in [-0.4, -0.2) is 13.2 Å². The Labute approximate surface area is 121 Å². The van der Waals surface area contributed by atoms with Crippen molar-refractivity contribution < 1.29 is 4.74 Å². The van der Waals surface area contributed by atoms with Gasteiger partial charge in [-0.15, -0.1) is 0 Å². The van der Waals surface area contributed by atoms with E-state index in [1.807, 2.05) is 13.0 Å². The third kappa shape index (κ3) is 3.77. The number of nitrogens with one attached hydrogen (secondary N) is 1. The second-order valence-electron chi connectivity index (χ2n) is 5.10. The lowest BCUT2D eigenvalue weighted by Crippen LogP contribution is -2.10. The first-order valence-corrected chi connectivity index (χ1v) is 7.23. The molecule has 1 unspecified atom stereocenters. The molecule has 0 saturated carbocycles. The van der Waals surface area contributed by atoms with E-state index in [1.54, 1.807) is 0 Å². The number of rotatable bonds is 6. The molecule has 1 atom stereocenters. The summed E-state index contributed by atoms with van der Waals surface area (Å²) in [6, 6.07) is 16.8. The van der Waals surface area contributed by atoms with E-state index in [1.165, 1.54) is 16.8 Å². The maximum atomic E-state index is 5.51. The number of aryl methyl sites for hydroxylation is 1. The maximum Gasteiger partial charge on any atom is 0.119 e. The minimum absolute atomic E-state index is 0.488. The third-order valence-corrected chi connectivity index (χ3v) is 3.48. The molecule has 0 aliphatic carbocycles. The fourth-order valence-corrected chi connectivity index (χ4v) is 2.25. The molecule has 0 amide bonds. The molecule has 0 fully saturated rings. The molecule has 0 aliphatic rings. The first kappa shape index (κ1) is 14.4. The first-order valence-electron chi connectivity index (χ1n) is 7.23. The molecular formula is C18H23NO. The smallest absolute Gasteiger partial charge is 0.119 e. The average Bonchev–Trinajstić information content (AvgIpc) is 2.47. The van der Waals surface area contributed by atoms with Crippen molar-refractivity contribution in [3.63, 3.8) is 0 Å². The van der Waals surface area contributed by atoms with Crippen molar-refractivity contribution in [3.05, 3.63) is 59.7 Å². The zero-order valence-electron chi connectivity index (χ0n) is 12.5. The fraction of sp³-hybridized carbons (Fsp3) is 0.333. The van der Waals surface area contributed by atoms with E-state index in [2.05, 4.69) is 61.6 Å². The van der Waals surface area contributed by atoms with Gasteiger partial charge >= 0.3 is 0 Å². The lowest BCUT2D eigenvalue weighted by atomic mass is 10.0. The maximum absolute atomic E-state index is 5.51. The van der Waals surface area contributed by atoms with Gasteiger partial charge in [0, 0.05) is 12.2 Å². The zero-order valence-corrected chi connectivity index (χ0v) is 12.5. The van der Waals surface area contributed by atoms with Crippen LogP contribution < -0.4 is 10.1 Å². The molecular weight excluding hydrogens is 246 g/mol. The Morgan fingerprint density at radius 2 is 1.85 bits per heavy atom. The molecule has 0 saturated heterocycles. The number of hydrogen-bond acceptors (Lipinski definition) is 2. The van der Waals surface area contributed by atoms with Gasteiger partial charge in [-0.25, -0.2) is 0 Å². The molecule has 2 heteroatoms. The van der Waals surface area contributed by atoms with Crippen LogP contribution in [0.3, 0.4) is 0 Å². The Kier molecular flexibility index (Phi) is 5.05. The molecule has 0 aliphatic heterocycles. The molecule has 1 N–H and O–H groups in total. The molecule has 106 valence electrons. The zero-order chi connectivity index (χ0) is 14.4. The van der Waals surface area contributed by atoms with Gasteiger partial charge < -0.3 is 10.1 Å². The Morgan fingerprint density at radius 3 is 2.50 bits per heavy atom. The van der Waals surface area contributed by atoms with Gasteiger partial charge in [-0.05, 0) is 49.1 Å². The topological polar surface area (TPSA) is 21.3 Å². The highest BCUT2D eigenvalue weighted by molar-refractivity contribution is 5.53. The molecule has 2 aromatic carbocycles. The molecule has 0 heterocycles. The normalized spacial score (nSPS) is 11.9. The highest BCUT2D eigenvalue weighted by Crippen LogP contribution is 2.23. The van der Waals surface area contributed by atoms with Crippen LogP contribution in [0.25, 0.3) is 0 Å². The predicted octanol–water partition coefficient (Wildman–Crippen LogP) is 4.61. The van der Waals surface area contributed by atoms with Crippen LogP contribution in [0.1, 0.15) is 30.9 Å². The monoisotopic (exact) mass is 269 g/mol. The standard InChI is InChI=1S/C18H23NO/c1-4-20-17-10-11-18(14(2)12-17)19-13-15(3)16-8-6-5-7-9-16/h5-12,15,19H,4,13H2,1-3H3. The molecule has 0 bridgehead atoms. The van der Waals surface area contributed by atoms with Gasteiger partial charge in [-0.2, -0.15) is 0 Å². The van der Waals surface area contributed by atoms with Crippen LogP contribution >= 0.6 is 0 Å². The van der Waals surface area contributed by atoms with E-state index in [-0.39, 0.29) is 0 Å². The van der Waals surface area contributed by atoms with Crippen LogP contribution in [0, 0.1) is 6.92 Å². The highest BCUT2D eigenvalue weighted by atomic mass is 16.5. The minimum atomic E-state index is 0.488. The second-order valence-corrected chi connectivity index (χ2v) is 5.10. The summed E-state index contributed by atoms with van der Waals surface area (Å²) in [6.07, 6.45) is 0. The Balaban J connectivity index is 1.97. The Bertz CT molecular complexity index is 536. The van der Waals surface area contributed by atoms with E-state index in [0.717, 1.165) is 12.3 Å². The Hall–Kier alpha value is -1.96. The summed E-state index contributed by atoms with van der Waals surface area (Å²) in [4.78, 5) is 0. The predicted molar refractivity (Wildman–Crippen MR) is 85.7 cm³/mol. The van der Waals surface area contributed by atoms with Crippen molar-refractivity contribution in [1.29, 1.82) is 0 Å². The highest BCUT2D eigenvalue weighted by Gasteiger charge is 2.06. The molecule has 0 radical (unpaired) electrons. The van der Waals surface area contributed by atoms with Crippen LogP contribution in [0.5, 0.6) is 5.75 Å². The molecule has 0 spiro atoms. The SMILES string of the molecule is CCOc1ccc(NCC(C)c2ccccc2)c(C)c1. The van der Waals surface area contributed by atoms with Crippen molar-refractivity contribution in [2.45, 2.75) is 26.7 Å². The molecule has 2 rings (SSSR count). The summed E-state index contributed by atoms with van der Waals surface area (Å²) >= 11 is 0. The van der Waals surface area contributed by atoms with Gasteiger partial charge in [-0.3, -0.25) is 0 Å². The van der Waals surface area contributed by atoms with Crippen LogP contribution in [-0.2, 0) is 0 Å². The summed E-state index contributed by atoms with van der Waals surface area (Å²) < 4.78 is 5.51. The summed E-state index contributed by atoms with van der Waals surface area (Å²) in [5.74, 6) is 1.42. The largest absolute Gasteiger partial charge is 0.494 e. The van der Waals surface area contributed by atoms with Crippen molar-refractivity contribution in [2.75, 3.05) is 18.5 Å². The van der Waals surface area contributed by atoms with E-state index >= 15 is 0 Å². The van der Waals surface area contributed by atoms with Crippen molar-refractivity contribution >= 4 is 5.69 Å². The van der Waals surface area contributed by atoms with Crippen molar-refractivity contribution in [1.82, 2.24) is 0 Å². The third-order valence-electron chi connectivity index (χ3n) is 3.48. The summed E-state index contributed by atoms with van der Waals surface area (Å²) in [5, 5.41) is 3.52. The summed E-state index contributed by atoms with van der Waals surface area (Å²) in [7, 11) is 0. The quantitative estimate of drug-likeness (QED) is 0.827. The van der Waals surface area contributed by atoms with Gasteiger partial charge in [-0.1, -0.05) is 37.3 Å². The second kappa shape index (κ2) is 6.99. The average molecular weight is 269 g/mol. The summed E-state index contributed by atoms with van der Waals surface area (Å²) in [6.45, 7) is 7.99. The van der Waals surface area contributed by atoms with Gasteiger partial charge in [0.25, 0.3) is 0 Å². The number of hydrogen-bond donors (Lipinski definition) is 1. The number of ether oxygens (including phenoxy) is 1. The van der Waals surface area contributed by atoms with Crippen molar-refractivity contribution in [2.24, 2.45) is 0 Å². The first-order chi connectivity index (χ1) is 9.70. The van der Waals surface area contributed by atoms with Crippen LogP contribution in [0.4, 0.5) is 5.69 Å². The summed E-state index contributed by atoms with van der Waals surface area (Å²) in [5.41, 5.74) is 3.76. The van der Waals surface area contributed by atoms with E-state index in [0.29, 0.717) is 12.5 Å². The van der Waals surface area contributed by atoms with Crippen LogP contribution in [0.15, 0.2) is 48.5 Å². The van der Waals surface area contributed by atoms with Gasteiger partial charge in [0.15, 0.2) is 0 Å². The molecule has 20 heavy (non-hydrogen) atoms. The lowest BCUT2D eigenvalue weighted by molar-refractivity contribution is 0.340. The number of benzene rings is 2. The Morgan fingerprint density at radius 1 is 1.10 bits per heavy atom. The van der Waals surface area contributed by atoms with E-state index in [4.69, 9.17) is 4.74 Å².